The Bertz CT molecular complexity index is 369. The summed E-state index contributed by atoms with van der Waals surface area (Å²) in [6, 6.07) is 8.87. The van der Waals surface area contributed by atoms with Crippen molar-refractivity contribution in [3.63, 3.8) is 0 Å². The number of anilines is 1. The highest BCUT2D eigenvalue weighted by atomic mass is 35.5. The average Bonchev–Trinajstić information content (AvgIpc) is 2.53. The highest BCUT2D eigenvalue weighted by Crippen LogP contribution is 2.23. The van der Waals surface area contributed by atoms with Gasteiger partial charge in [0, 0.05) is 35.9 Å². The maximum atomic E-state index is 9.09. The van der Waals surface area contributed by atoms with Gasteiger partial charge >= 0.3 is 0 Å². The highest BCUT2D eigenvalue weighted by molar-refractivity contribution is 6.30. The van der Waals surface area contributed by atoms with E-state index >= 15 is 0 Å². The van der Waals surface area contributed by atoms with E-state index in [4.69, 9.17) is 16.7 Å². The van der Waals surface area contributed by atoms with Crippen LogP contribution in [0.15, 0.2) is 24.3 Å². The summed E-state index contributed by atoms with van der Waals surface area (Å²) in [4.78, 5) is 2.40. The molecule has 2 atom stereocenters. The van der Waals surface area contributed by atoms with Crippen molar-refractivity contribution in [2.75, 3.05) is 24.6 Å². The molecule has 1 fully saturated rings. The van der Waals surface area contributed by atoms with Crippen molar-refractivity contribution < 1.29 is 5.11 Å². The topological polar surface area (TPSA) is 35.5 Å². The summed E-state index contributed by atoms with van der Waals surface area (Å²) >= 11 is 5.93. The van der Waals surface area contributed by atoms with E-state index in [-0.39, 0.29) is 6.61 Å². The van der Waals surface area contributed by atoms with Gasteiger partial charge in [0.2, 0.25) is 0 Å². The molecule has 1 aromatic carbocycles. The lowest BCUT2D eigenvalue weighted by Gasteiger charge is -2.31. The molecule has 3 nitrogen and oxygen atoms in total. The number of benzene rings is 1. The summed E-state index contributed by atoms with van der Waals surface area (Å²) in [5, 5.41) is 13.4. The van der Waals surface area contributed by atoms with Gasteiger partial charge in [-0.2, -0.15) is 0 Å². The molecule has 0 spiro atoms. The number of aliphatic hydroxyl groups is 1. The van der Waals surface area contributed by atoms with Gasteiger partial charge in [-0.1, -0.05) is 11.6 Å². The summed E-state index contributed by atoms with van der Waals surface area (Å²) < 4.78 is 0. The van der Waals surface area contributed by atoms with E-state index in [0.717, 1.165) is 31.0 Å². The van der Waals surface area contributed by atoms with Crippen molar-refractivity contribution in [2.45, 2.75) is 31.8 Å². The average molecular weight is 269 g/mol. The van der Waals surface area contributed by atoms with Gasteiger partial charge in [-0.05, 0) is 50.6 Å². The Morgan fingerprint density at radius 1 is 1.39 bits per heavy atom. The minimum Gasteiger partial charge on any atom is -0.396 e. The first-order valence-electron chi connectivity index (χ1n) is 6.57. The Labute approximate surface area is 114 Å². The van der Waals surface area contributed by atoms with E-state index in [1.165, 1.54) is 5.69 Å². The van der Waals surface area contributed by atoms with Gasteiger partial charge in [-0.3, -0.25) is 0 Å². The zero-order chi connectivity index (χ0) is 13.0. The molecule has 2 unspecified atom stereocenters. The lowest BCUT2D eigenvalue weighted by Crippen LogP contribution is -2.40. The minimum absolute atomic E-state index is 0.237. The fourth-order valence-corrected chi connectivity index (χ4v) is 2.60. The maximum Gasteiger partial charge on any atom is 0.0446 e. The Morgan fingerprint density at radius 3 is 2.78 bits per heavy atom. The minimum atomic E-state index is 0.237. The van der Waals surface area contributed by atoms with Crippen molar-refractivity contribution >= 4 is 17.3 Å². The summed E-state index contributed by atoms with van der Waals surface area (Å²) in [6.07, 6.45) is 1.92. The molecule has 0 radical (unpaired) electrons. The molecule has 2 rings (SSSR count). The first-order chi connectivity index (χ1) is 8.70. The molecule has 1 aromatic rings. The molecule has 1 heterocycles. The Balaban J connectivity index is 2.14. The summed E-state index contributed by atoms with van der Waals surface area (Å²) in [5.74, 6) is 0. The number of aliphatic hydroxyl groups excluding tert-OH is 1. The highest BCUT2D eigenvalue weighted by Gasteiger charge is 2.22. The Morgan fingerprint density at radius 2 is 2.11 bits per heavy atom. The Hall–Kier alpha value is -0.770. The van der Waals surface area contributed by atoms with Crippen LogP contribution in [0, 0.1) is 0 Å². The van der Waals surface area contributed by atoms with Crippen LogP contribution >= 0.6 is 11.6 Å². The van der Waals surface area contributed by atoms with Gasteiger partial charge in [-0.25, -0.2) is 0 Å². The summed E-state index contributed by atoms with van der Waals surface area (Å²) in [7, 11) is 0. The number of nitrogens with one attached hydrogen (secondary N) is 1. The molecule has 0 aromatic heterocycles. The van der Waals surface area contributed by atoms with Crippen LogP contribution in [0.25, 0.3) is 0 Å². The van der Waals surface area contributed by atoms with Crippen LogP contribution < -0.4 is 10.2 Å². The number of nitrogens with zero attached hydrogens (tertiary/aromatic N) is 1. The van der Waals surface area contributed by atoms with Crippen molar-refractivity contribution in [3.8, 4) is 0 Å². The van der Waals surface area contributed by atoms with Crippen molar-refractivity contribution in [1.82, 2.24) is 5.32 Å². The van der Waals surface area contributed by atoms with E-state index in [1.807, 2.05) is 12.1 Å². The van der Waals surface area contributed by atoms with Crippen molar-refractivity contribution in [2.24, 2.45) is 0 Å². The first-order valence-corrected chi connectivity index (χ1v) is 6.95. The molecule has 1 aliphatic rings. The second kappa shape index (κ2) is 6.41. The third-order valence-corrected chi connectivity index (χ3v) is 3.83. The zero-order valence-electron chi connectivity index (χ0n) is 10.8. The molecule has 0 saturated carbocycles. The maximum absolute atomic E-state index is 9.09. The van der Waals surface area contributed by atoms with E-state index in [2.05, 4.69) is 29.3 Å². The molecule has 4 heteroatoms. The van der Waals surface area contributed by atoms with Gasteiger partial charge in [0.15, 0.2) is 0 Å². The number of halogens is 1. The standard InChI is InChI=1S/C14H21ClN2O/c1-11-6-8-16-13(7-9-18)10-17(11)14-4-2-12(15)3-5-14/h2-5,11,13,16,18H,6-10H2,1H3. The molecule has 100 valence electrons. The SMILES string of the molecule is CC1CCNC(CCO)CN1c1ccc(Cl)cc1. The molecule has 0 amide bonds. The number of hydrogen-bond donors (Lipinski definition) is 2. The van der Waals surface area contributed by atoms with Crippen LogP contribution in [-0.2, 0) is 0 Å². The normalized spacial score (nSPS) is 24.9. The van der Waals surface area contributed by atoms with E-state index in [9.17, 15) is 0 Å². The second-order valence-corrected chi connectivity index (χ2v) is 5.37. The van der Waals surface area contributed by atoms with E-state index in [1.54, 1.807) is 0 Å². The predicted octanol–water partition coefficient (Wildman–Crippen LogP) is 2.28. The third-order valence-electron chi connectivity index (χ3n) is 3.58. The quantitative estimate of drug-likeness (QED) is 0.883. The van der Waals surface area contributed by atoms with Crippen LogP contribution in [0.1, 0.15) is 19.8 Å². The number of hydrogen-bond acceptors (Lipinski definition) is 3. The summed E-state index contributed by atoms with van der Waals surface area (Å²) in [6.45, 7) is 4.43. The van der Waals surface area contributed by atoms with E-state index < -0.39 is 0 Å². The lowest BCUT2D eigenvalue weighted by molar-refractivity contribution is 0.267. The Kier molecular flexibility index (Phi) is 4.87. The van der Waals surface area contributed by atoms with Gasteiger partial charge in [0.25, 0.3) is 0 Å². The molecule has 18 heavy (non-hydrogen) atoms. The fraction of sp³-hybridized carbons (Fsp3) is 0.571. The van der Waals surface area contributed by atoms with Crippen LogP contribution in [0.3, 0.4) is 0 Å². The molecule has 2 N–H and O–H groups in total. The first kappa shape index (κ1) is 13.7. The molecule has 1 saturated heterocycles. The van der Waals surface area contributed by atoms with Crippen LogP contribution in [0.5, 0.6) is 0 Å². The van der Waals surface area contributed by atoms with E-state index in [0.29, 0.717) is 12.1 Å². The van der Waals surface area contributed by atoms with Crippen LogP contribution in [0.4, 0.5) is 5.69 Å². The third kappa shape index (κ3) is 3.37. The lowest BCUT2D eigenvalue weighted by atomic mass is 10.1. The monoisotopic (exact) mass is 268 g/mol. The molecule has 1 aliphatic heterocycles. The van der Waals surface area contributed by atoms with Crippen LogP contribution in [-0.4, -0.2) is 36.9 Å². The smallest absolute Gasteiger partial charge is 0.0446 e. The van der Waals surface area contributed by atoms with Gasteiger partial charge in [-0.15, -0.1) is 0 Å². The predicted molar refractivity (Wildman–Crippen MR) is 76.4 cm³/mol. The molecule has 0 aliphatic carbocycles. The number of rotatable bonds is 3. The van der Waals surface area contributed by atoms with Gasteiger partial charge in [0.05, 0.1) is 0 Å². The molecular weight excluding hydrogens is 248 g/mol. The molecular formula is C14H21ClN2O. The van der Waals surface area contributed by atoms with Gasteiger partial charge in [0.1, 0.15) is 0 Å². The fourth-order valence-electron chi connectivity index (χ4n) is 2.48. The van der Waals surface area contributed by atoms with Crippen molar-refractivity contribution in [1.29, 1.82) is 0 Å². The summed E-state index contributed by atoms with van der Waals surface area (Å²) in [5.41, 5.74) is 1.21. The van der Waals surface area contributed by atoms with Gasteiger partial charge < -0.3 is 15.3 Å². The van der Waals surface area contributed by atoms with Crippen molar-refractivity contribution in [3.05, 3.63) is 29.3 Å². The molecule has 0 bridgehead atoms. The van der Waals surface area contributed by atoms with Crippen LogP contribution in [0.2, 0.25) is 5.02 Å². The largest absolute Gasteiger partial charge is 0.396 e. The zero-order valence-corrected chi connectivity index (χ0v) is 11.5. The second-order valence-electron chi connectivity index (χ2n) is 4.93.